The Balaban J connectivity index is 2.20. The first-order chi connectivity index (χ1) is 9.24. The van der Waals surface area contributed by atoms with Gasteiger partial charge >= 0.3 is 0 Å². The molecule has 0 saturated heterocycles. The molecule has 0 bridgehead atoms. The molecule has 0 fully saturated rings. The summed E-state index contributed by atoms with van der Waals surface area (Å²) >= 11 is 0. The molecule has 0 amide bonds. The second-order valence-electron chi connectivity index (χ2n) is 5.15. The Morgan fingerprint density at radius 2 is 1.74 bits per heavy atom. The minimum Gasteiger partial charge on any atom is -0.289 e. The Kier molecular flexibility index (Phi) is 2.94. The van der Waals surface area contributed by atoms with E-state index in [2.05, 4.69) is 6.58 Å². The average Bonchev–Trinajstić information content (AvgIpc) is 2.45. The van der Waals surface area contributed by atoms with Crippen molar-refractivity contribution in [2.24, 2.45) is 0 Å². The number of carbonyl (C=O) groups is 2. The molecular weight excluding hydrogens is 236 g/mol. The molecule has 1 aromatic carbocycles. The molecule has 19 heavy (non-hydrogen) atoms. The zero-order valence-corrected chi connectivity index (χ0v) is 10.9. The van der Waals surface area contributed by atoms with E-state index in [1.54, 1.807) is 12.1 Å². The average molecular weight is 252 g/mol. The van der Waals surface area contributed by atoms with Gasteiger partial charge in [0.15, 0.2) is 11.6 Å². The normalized spacial score (nSPS) is 18.1. The first-order valence-corrected chi connectivity index (χ1v) is 6.78. The minimum atomic E-state index is 0.0650. The summed E-state index contributed by atoms with van der Waals surface area (Å²) in [5.41, 5.74) is 3.65. The smallest absolute Gasteiger partial charge is 0.190 e. The van der Waals surface area contributed by atoms with Crippen molar-refractivity contribution in [2.75, 3.05) is 0 Å². The van der Waals surface area contributed by atoms with E-state index in [-0.39, 0.29) is 11.6 Å². The largest absolute Gasteiger partial charge is 0.289 e. The summed E-state index contributed by atoms with van der Waals surface area (Å²) < 4.78 is 0. The van der Waals surface area contributed by atoms with E-state index in [9.17, 15) is 9.59 Å². The molecule has 0 unspecified atom stereocenters. The van der Waals surface area contributed by atoms with E-state index in [1.807, 2.05) is 12.1 Å². The molecule has 0 saturated carbocycles. The third-order valence-electron chi connectivity index (χ3n) is 4.00. The van der Waals surface area contributed by atoms with Crippen LogP contribution in [0.4, 0.5) is 0 Å². The van der Waals surface area contributed by atoms with Crippen LogP contribution in [-0.2, 0) is 6.42 Å². The van der Waals surface area contributed by atoms with Crippen LogP contribution in [-0.4, -0.2) is 11.6 Å². The first-order valence-electron chi connectivity index (χ1n) is 6.78. The summed E-state index contributed by atoms with van der Waals surface area (Å²) in [7, 11) is 0. The van der Waals surface area contributed by atoms with Crippen LogP contribution in [0.25, 0.3) is 0 Å². The quantitative estimate of drug-likeness (QED) is 0.753. The van der Waals surface area contributed by atoms with Crippen molar-refractivity contribution in [2.45, 2.75) is 32.1 Å². The maximum Gasteiger partial charge on any atom is 0.190 e. The van der Waals surface area contributed by atoms with Crippen LogP contribution in [0.3, 0.4) is 0 Å². The topological polar surface area (TPSA) is 34.1 Å². The van der Waals surface area contributed by atoms with Crippen molar-refractivity contribution < 1.29 is 9.59 Å². The van der Waals surface area contributed by atoms with Gasteiger partial charge in [0.25, 0.3) is 0 Å². The Morgan fingerprint density at radius 1 is 1.05 bits per heavy atom. The number of benzene rings is 1. The highest BCUT2D eigenvalue weighted by atomic mass is 16.1. The zero-order chi connectivity index (χ0) is 13.4. The standard InChI is InChI=1S/C17H16O2/c1-2-6-11-7-5-10-14-15(11)17(19)13-9-4-3-8-12(13)16(14)18/h2,5,7,10H,1,3-4,6,8-9H2. The fraction of sp³-hybridized carbons (Fsp3) is 0.294. The summed E-state index contributed by atoms with van der Waals surface area (Å²) in [6.07, 6.45) is 5.94. The number of allylic oxidation sites excluding steroid dienone is 3. The number of ketones is 2. The Bertz CT molecular complexity index is 620. The summed E-state index contributed by atoms with van der Waals surface area (Å²) in [4.78, 5) is 25.2. The van der Waals surface area contributed by atoms with Gasteiger partial charge in [-0.3, -0.25) is 9.59 Å². The molecule has 0 radical (unpaired) electrons. The number of fused-ring (bicyclic) bond motifs is 1. The maximum atomic E-state index is 12.6. The van der Waals surface area contributed by atoms with Crippen LogP contribution in [0.2, 0.25) is 0 Å². The molecule has 0 spiro atoms. The minimum absolute atomic E-state index is 0.0650. The van der Waals surface area contributed by atoms with Gasteiger partial charge in [-0.2, -0.15) is 0 Å². The van der Waals surface area contributed by atoms with Gasteiger partial charge < -0.3 is 0 Å². The Hall–Kier alpha value is -1.96. The third-order valence-corrected chi connectivity index (χ3v) is 4.00. The molecule has 2 aliphatic carbocycles. The molecular formula is C17H16O2. The molecule has 3 rings (SSSR count). The van der Waals surface area contributed by atoms with Crippen LogP contribution in [0.5, 0.6) is 0 Å². The number of hydrogen-bond donors (Lipinski definition) is 0. The summed E-state index contributed by atoms with van der Waals surface area (Å²) in [6.45, 7) is 3.72. The van der Waals surface area contributed by atoms with Gasteiger partial charge in [-0.05, 0) is 37.7 Å². The number of carbonyl (C=O) groups excluding carboxylic acids is 2. The van der Waals surface area contributed by atoms with Crippen LogP contribution in [0, 0.1) is 0 Å². The highest BCUT2D eigenvalue weighted by Gasteiger charge is 2.34. The molecule has 0 N–H and O–H groups in total. The summed E-state index contributed by atoms with van der Waals surface area (Å²) in [5.74, 6) is 0.136. The van der Waals surface area contributed by atoms with Gasteiger partial charge in [0, 0.05) is 22.3 Å². The van der Waals surface area contributed by atoms with Crippen molar-refractivity contribution in [3.63, 3.8) is 0 Å². The number of Topliss-reactive ketones (excluding diaryl/α,β-unsaturated/α-hetero) is 2. The van der Waals surface area contributed by atoms with Crippen LogP contribution < -0.4 is 0 Å². The fourth-order valence-electron chi connectivity index (χ4n) is 3.10. The fourth-order valence-corrected chi connectivity index (χ4v) is 3.10. The van der Waals surface area contributed by atoms with E-state index < -0.39 is 0 Å². The molecule has 1 aromatic rings. The molecule has 0 aliphatic heterocycles. The van der Waals surface area contributed by atoms with Crippen molar-refractivity contribution in [3.05, 3.63) is 58.7 Å². The predicted octanol–water partition coefficient (Wildman–Crippen LogP) is 3.66. The molecule has 2 aliphatic rings. The molecule has 0 atom stereocenters. The van der Waals surface area contributed by atoms with E-state index in [0.717, 1.165) is 42.4 Å². The summed E-state index contributed by atoms with van der Waals surface area (Å²) in [6, 6.07) is 5.55. The SMILES string of the molecule is C=CCc1cccc2c1C(=O)C1=C(CCCC1)C2=O. The van der Waals surface area contributed by atoms with Gasteiger partial charge in [-0.1, -0.05) is 24.3 Å². The highest BCUT2D eigenvalue weighted by Crippen LogP contribution is 2.36. The second-order valence-corrected chi connectivity index (χ2v) is 5.15. The monoisotopic (exact) mass is 252 g/mol. The molecule has 0 aromatic heterocycles. The lowest BCUT2D eigenvalue weighted by Gasteiger charge is -2.25. The molecule has 2 nitrogen and oxygen atoms in total. The van der Waals surface area contributed by atoms with Gasteiger partial charge in [0.2, 0.25) is 0 Å². The van der Waals surface area contributed by atoms with Crippen LogP contribution >= 0.6 is 0 Å². The lowest BCUT2D eigenvalue weighted by molar-refractivity contribution is 0.0964. The van der Waals surface area contributed by atoms with Crippen LogP contribution in [0.1, 0.15) is 52.0 Å². The van der Waals surface area contributed by atoms with Gasteiger partial charge in [0.1, 0.15) is 0 Å². The van der Waals surface area contributed by atoms with Crippen molar-refractivity contribution in [3.8, 4) is 0 Å². The maximum absolute atomic E-state index is 12.6. The van der Waals surface area contributed by atoms with Crippen molar-refractivity contribution in [1.29, 1.82) is 0 Å². The van der Waals surface area contributed by atoms with E-state index in [1.165, 1.54) is 0 Å². The van der Waals surface area contributed by atoms with E-state index in [0.29, 0.717) is 17.5 Å². The number of rotatable bonds is 2. The molecule has 0 heterocycles. The lowest BCUT2D eigenvalue weighted by atomic mass is 9.76. The number of hydrogen-bond acceptors (Lipinski definition) is 2. The lowest BCUT2D eigenvalue weighted by Crippen LogP contribution is -2.25. The Labute approximate surface area is 112 Å². The first kappa shape index (κ1) is 12.1. The van der Waals surface area contributed by atoms with E-state index in [4.69, 9.17) is 0 Å². The second kappa shape index (κ2) is 4.61. The van der Waals surface area contributed by atoms with Gasteiger partial charge in [0.05, 0.1) is 0 Å². The third kappa shape index (κ3) is 1.79. The predicted molar refractivity (Wildman–Crippen MR) is 74.5 cm³/mol. The van der Waals surface area contributed by atoms with Gasteiger partial charge in [-0.15, -0.1) is 6.58 Å². The molecule has 96 valence electrons. The molecule has 2 heteroatoms. The van der Waals surface area contributed by atoms with Crippen LogP contribution in [0.15, 0.2) is 42.0 Å². The van der Waals surface area contributed by atoms with Crippen molar-refractivity contribution >= 4 is 11.6 Å². The zero-order valence-electron chi connectivity index (χ0n) is 10.9. The van der Waals surface area contributed by atoms with E-state index >= 15 is 0 Å². The Morgan fingerprint density at radius 3 is 2.42 bits per heavy atom. The van der Waals surface area contributed by atoms with Crippen molar-refractivity contribution in [1.82, 2.24) is 0 Å². The highest BCUT2D eigenvalue weighted by molar-refractivity contribution is 6.27. The summed E-state index contributed by atoms with van der Waals surface area (Å²) in [5, 5.41) is 0. The van der Waals surface area contributed by atoms with Gasteiger partial charge in [-0.25, -0.2) is 0 Å².